The summed E-state index contributed by atoms with van der Waals surface area (Å²) < 4.78 is 16.6. The second-order valence-corrected chi connectivity index (χ2v) is 8.88. The summed E-state index contributed by atoms with van der Waals surface area (Å²) in [5.74, 6) is -1.99. The van der Waals surface area contributed by atoms with Crippen LogP contribution >= 0.6 is 0 Å². The van der Waals surface area contributed by atoms with Gasteiger partial charge in [0.05, 0.1) is 24.5 Å². The minimum absolute atomic E-state index is 0.120. The van der Waals surface area contributed by atoms with E-state index in [1.54, 1.807) is 6.92 Å². The summed E-state index contributed by atoms with van der Waals surface area (Å²) >= 11 is 0. The SMILES string of the molecule is CC[C@@](O)(C(=O)O)c1cc2n(c(=O)c1CO)Cc1c-2nc2c(F)c(C)cc3c2c1[C@@H](N)CC3. The molecular weight excluding hydrogens is 429 g/mol. The average molecular weight is 453 g/mol. The molecule has 5 rings (SSSR count). The number of carboxylic acid groups (broad SMARTS) is 1. The van der Waals surface area contributed by atoms with E-state index in [0.717, 1.165) is 11.1 Å². The van der Waals surface area contributed by atoms with Gasteiger partial charge in [0, 0.05) is 28.1 Å². The van der Waals surface area contributed by atoms with Gasteiger partial charge in [0.15, 0.2) is 11.4 Å². The maximum absolute atomic E-state index is 15.2. The Hall–Kier alpha value is -3.14. The van der Waals surface area contributed by atoms with Crippen LogP contribution in [-0.2, 0) is 30.0 Å². The van der Waals surface area contributed by atoms with E-state index in [1.807, 2.05) is 6.07 Å². The van der Waals surface area contributed by atoms with E-state index in [9.17, 15) is 24.9 Å². The number of halogens is 1. The lowest BCUT2D eigenvalue weighted by atomic mass is 9.83. The van der Waals surface area contributed by atoms with Crippen LogP contribution in [0.2, 0.25) is 0 Å². The molecule has 0 saturated carbocycles. The highest BCUT2D eigenvalue weighted by Crippen LogP contribution is 2.44. The number of carbonyl (C=O) groups is 1. The molecule has 0 radical (unpaired) electrons. The van der Waals surface area contributed by atoms with Crippen molar-refractivity contribution >= 4 is 16.9 Å². The van der Waals surface area contributed by atoms with Gasteiger partial charge in [0.2, 0.25) is 0 Å². The van der Waals surface area contributed by atoms with Gasteiger partial charge in [-0.2, -0.15) is 0 Å². The second-order valence-electron chi connectivity index (χ2n) is 8.88. The number of aliphatic hydroxyl groups is 2. The fourth-order valence-electron chi connectivity index (χ4n) is 5.32. The number of aryl methyl sites for hydroxylation is 2. The van der Waals surface area contributed by atoms with Crippen molar-refractivity contribution in [2.75, 3.05) is 0 Å². The molecule has 172 valence electrons. The Kier molecular flexibility index (Phi) is 4.72. The molecule has 1 aliphatic heterocycles. The van der Waals surface area contributed by atoms with Crippen LogP contribution in [0.3, 0.4) is 0 Å². The van der Waals surface area contributed by atoms with Gasteiger partial charge < -0.3 is 25.6 Å². The lowest BCUT2D eigenvalue weighted by Crippen LogP contribution is -2.39. The maximum atomic E-state index is 15.2. The molecule has 0 bridgehead atoms. The van der Waals surface area contributed by atoms with Crippen LogP contribution in [0.25, 0.3) is 22.3 Å². The molecule has 2 aromatic heterocycles. The number of pyridine rings is 2. The van der Waals surface area contributed by atoms with Crippen molar-refractivity contribution in [3.05, 3.63) is 61.7 Å². The maximum Gasteiger partial charge on any atom is 0.340 e. The van der Waals surface area contributed by atoms with E-state index in [0.29, 0.717) is 35.0 Å². The Bertz CT molecular complexity index is 1430. The molecule has 2 aliphatic rings. The van der Waals surface area contributed by atoms with Crippen LogP contribution in [0.5, 0.6) is 0 Å². The van der Waals surface area contributed by atoms with Gasteiger partial charge >= 0.3 is 5.97 Å². The summed E-state index contributed by atoms with van der Waals surface area (Å²) in [6.07, 6.45) is 1.14. The zero-order chi connectivity index (χ0) is 23.8. The highest BCUT2D eigenvalue weighted by molar-refractivity contribution is 5.93. The van der Waals surface area contributed by atoms with Crippen molar-refractivity contribution in [1.29, 1.82) is 0 Å². The number of benzene rings is 1. The first-order valence-electron chi connectivity index (χ1n) is 10.9. The fourth-order valence-corrected chi connectivity index (χ4v) is 5.32. The van der Waals surface area contributed by atoms with Gasteiger partial charge in [-0.15, -0.1) is 0 Å². The average Bonchev–Trinajstić information content (AvgIpc) is 3.16. The number of nitrogens with two attached hydrogens (primary N) is 1. The normalized spacial score (nSPS) is 18.2. The Labute approximate surface area is 188 Å². The zero-order valence-corrected chi connectivity index (χ0v) is 18.3. The molecule has 0 saturated heterocycles. The summed E-state index contributed by atoms with van der Waals surface area (Å²) in [4.78, 5) is 29.8. The quantitative estimate of drug-likeness (QED) is 0.371. The van der Waals surface area contributed by atoms with Crippen molar-refractivity contribution in [3.8, 4) is 11.4 Å². The lowest BCUT2D eigenvalue weighted by molar-refractivity contribution is -0.160. The van der Waals surface area contributed by atoms with Crippen molar-refractivity contribution in [2.24, 2.45) is 5.73 Å². The van der Waals surface area contributed by atoms with Gasteiger partial charge in [-0.3, -0.25) is 4.79 Å². The third-order valence-corrected chi connectivity index (χ3v) is 7.13. The molecule has 1 aromatic carbocycles. The largest absolute Gasteiger partial charge is 0.479 e. The van der Waals surface area contributed by atoms with Gasteiger partial charge in [-0.1, -0.05) is 13.0 Å². The van der Waals surface area contributed by atoms with Crippen molar-refractivity contribution in [2.45, 2.75) is 57.9 Å². The van der Waals surface area contributed by atoms with Crippen molar-refractivity contribution in [3.63, 3.8) is 0 Å². The zero-order valence-electron chi connectivity index (χ0n) is 18.3. The Balaban J connectivity index is 1.90. The van der Waals surface area contributed by atoms with E-state index in [4.69, 9.17) is 5.73 Å². The number of aromatic nitrogens is 2. The van der Waals surface area contributed by atoms with Crippen molar-refractivity contribution < 1.29 is 24.5 Å². The number of aliphatic hydroxyl groups excluding tert-OH is 1. The molecule has 3 heterocycles. The lowest BCUT2D eigenvalue weighted by Gasteiger charge is -2.26. The summed E-state index contributed by atoms with van der Waals surface area (Å²) in [5.41, 5.74) is 6.74. The molecule has 3 aromatic rings. The third-order valence-electron chi connectivity index (χ3n) is 7.13. The summed E-state index contributed by atoms with van der Waals surface area (Å²) in [6.45, 7) is 2.53. The van der Waals surface area contributed by atoms with Gasteiger partial charge in [0.25, 0.3) is 5.56 Å². The molecule has 9 heteroatoms. The molecule has 5 N–H and O–H groups in total. The summed E-state index contributed by atoms with van der Waals surface area (Å²) in [7, 11) is 0. The molecule has 0 fully saturated rings. The van der Waals surface area contributed by atoms with Gasteiger partial charge in [-0.25, -0.2) is 14.2 Å². The summed E-state index contributed by atoms with van der Waals surface area (Å²) in [5, 5.41) is 31.1. The second kappa shape index (κ2) is 7.18. The number of fused-ring (bicyclic) bond motifs is 4. The van der Waals surface area contributed by atoms with Crippen LogP contribution in [0, 0.1) is 12.7 Å². The molecular formula is C24H24FN3O5. The predicted octanol–water partition coefficient (Wildman–Crippen LogP) is 1.99. The van der Waals surface area contributed by atoms with E-state index < -0.39 is 29.6 Å². The highest BCUT2D eigenvalue weighted by atomic mass is 19.1. The van der Waals surface area contributed by atoms with Crippen LogP contribution in [0.15, 0.2) is 16.9 Å². The standard InChI is InChI=1S/C24H24FN3O5/c1-3-24(33,23(31)32)14-7-16-20-12(8-28(16)22(30)13(14)9-29)18-15(26)5-4-11-6-10(2)19(25)21(27-20)17(11)18/h6-7,15,29,33H,3-5,8-9,26H2,1-2H3,(H,31,32)/t15-,24-/m0/s1. The first-order valence-corrected chi connectivity index (χ1v) is 10.9. The molecule has 0 unspecified atom stereocenters. The Morgan fingerprint density at radius 3 is 2.76 bits per heavy atom. The van der Waals surface area contributed by atoms with Crippen molar-refractivity contribution in [1.82, 2.24) is 9.55 Å². The number of carboxylic acids is 1. The van der Waals surface area contributed by atoms with E-state index in [1.165, 1.54) is 17.6 Å². The monoisotopic (exact) mass is 453 g/mol. The number of hydrogen-bond donors (Lipinski definition) is 4. The van der Waals surface area contributed by atoms with Crippen LogP contribution in [0.1, 0.15) is 59.2 Å². The third kappa shape index (κ3) is 2.76. The first-order chi connectivity index (χ1) is 15.6. The molecule has 33 heavy (non-hydrogen) atoms. The van der Waals surface area contributed by atoms with Crippen LogP contribution in [0.4, 0.5) is 4.39 Å². The van der Waals surface area contributed by atoms with Crippen LogP contribution < -0.4 is 11.3 Å². The number of aliphatic carboxylic acids is 1. The Morgan fingerprint density at radius 1 is 1.39 bits per heavy atom. The molecule has 0 spiro atoms. The van der Waals surface area contributed by atoms with Crippen LogP contribution in [-0.4, -0.2) is 30.8 Å². The smallest absolute Gasteiger partial charge is 0.340 e. The van der Waals surface area contributed by atoms with E-state index in [2.05, 4.69) is 4.98 Å². The minimum Gasteiger partial charge on any atom is -0.479 e. The predicted molar refractivity (Wildman–Crippen MR) is 118 cm³/mol. The highest BCUT2D eigenvalue weighted by Gasteiger charge is 2.41. The number of hydrogen-bond acceptors (Lipinski definition) is 6. The molecule has 8 nitrogen and oxygen atoms in total. The number of nitrogens with zero attached hydrogens (tertiary/aromatic N) is 2. The van der Waals surface area contributed by atoms with E-state index in [-0.39, 0.29) is 41.3 Å². The molecule has 2 atom stereocenters. The van der Waals surface area contributed by atoms with Gasteiger partial charge in [0.1, 0.15) is 5.52 Å². The van der Waals surface area contributed by atoms with E-state index >= 15 is 4.39 Å². The topological polar surface area (TPSA) is 139 Å². The van der Waals surface area contributed by atoms with Gasteiger partial charge in [-0.05, 0) is 48.9 Å². The fraction of sp³-hybridized carbons (Fsp3) is 0.375. The number of rotatable bonds is 4. The Morgan fingerprint density at radius 2 is 2.12 bits per heavy atom. The summed E-state index contributed by atoms with van der Waals surface area (Å²) in [6, 6.07) is 2.82. The molecule has 0 amide bonds. The minimum atomic E-state index is -2.37. The first kappa shape index (κ1) is 21.7. The molecule has 1 aliphatic carbocycles.